The minimum atomic E-state index is -0.315. The molecule has 1 aromatic rings. The van der Waals surface area contributed by atoms with Crippen molar-refractivity contribution in [3.05, 3.63) is 58.0 Å². The van der Waals surface area contributed by atoms with Gasteiger partial charge in [0.15, 0.2) is 0 Å². The van der Waals surface area contributed by atoms with Gasteiger partial charge in [0.25, 0.3) is 5.69 Å². The summed E-state index contributed by atoms with van der Waals surface area (Å²) in [4.78, 5) is 10.6. The van der Waals surface area contributed by atoms with Crippen molar-refractivity contribution >= 4 is 5.69 Å². The van der Waals surface area contributed by atoms with Crippen molar-refractivity contribution < 1.29 is 4.92 Å². The number of nitrogens with zero attached hydrogens (tertiary/aromatic N) is 1. The summed E-state index contributed by atoms with van der Waals surface area (Å²) >= 11 is 0. The molecule has 0 aliphatic heterocycles. The second-order valence-corrected chi connectivity index (χ2v) is 3.74. The van der Waals surface area contributed by atoms with Gasteiger partial charge in [-0.1, -0.05) is 38.5 Å². The van der Waals surface area contributed by atoms with Crippen molar-refractivity contribution in [2.75, 3.05) is 0 Å². The Kier molecular flexibility index (Phi) is 4.23. The number of aryl methyl sites for hydroxylation is 1. The summed E-state index contributed by atoms with van der Waals surface area (Å²) in [6, 6.07) is 5.38. The molecule has 0 unspecified atom stereocenters. The smallest absolute Gasteiger partial charge is 0.258 e. The molecule has 0 heterocycles. The fraction of sp³-hybridized carbons (Fsp3) is 0.308. The quantitative estimate of drug-likeness (QED) is 0.559. The van der Waals surface area contributed by atoms with Crippen LogP contribution in [-0.4, -0.2) is 4.92 Å². The average molecular weight is 218 g/mol. The molecule has 3 nitrogen and oxygen atoms in total. The summed E-state index contributed by atoms with van der Waals surface area (Å²) < 4.78 is 0. The fourth-order valence-electron chi connectivity index (χ4n) is 1.58. The summed E-state index contributed by atoms with van der Waals surface area (Å²) in [5.41, 5.74) is 1.87. The molecule has 0 aliphatic rings. The predicted molar refractivity (Wildman–Crippen MR) is 65.3 cm³/mol. The molecule has 0 fully saturated rings. The topological polar surface area (TPSA) is 43.1 Å². The summed E-state index contributed by atoms with van der Waals surface area (Å²) in [6.07, 6.45) is 3.35. The van der Waals surface area contributed by atoms with Crippen LogP contribution in [0.1, 0.15) is 31.4 Å². The number of allylic oxidation sites excluding steroid dienone is 1. The number of nitro groups is 1. The molecular weight excluding hydrogens is 202 g/mol. The lowest BCUT2D eigenvalue weighted by molar-refractivity contribution is -0.385. The van der Waals surface area contributed by atoms with Crippen molar-refractivity contribution in [3.63, 3.8) is 0 Å². The summed E-state index contributed by atoms with van der Waals surface area (Å²) in [5, 5.41) is 10.9. The molecule has 0 N–H and O–H groups in total. The molecule has 1 rings (SSSR count). The number of rotatable bonds is 5. The molecule has 0 atom stereocenters. The zero-order valence-electron chi connectivity index (χ0n) is 9.69. The highest BCUT2D eigenvalue weighted by atomic mass is 16.6. The van der Waals surface area contributed by atoms with Crippen molar-refractivity contribution in [2.24, 2.45) is 0 Å². The van der Waals surface area contributed by atoms with Gasteiger partial charge in [-0.15, -0.1) is 6.58 Å². The first-order chi connectivity index (χ1) is 7.60. The number of benzene rings is 1. The predicted octanol–water partition coefficient (Wildman–Crippen LogP) is 3.68. The number of nitro benzene ring substituents is 1. The summed E-state index contributed by atoms with van der Waals surface area (Å²) in [7, 11) is 0. The van der Waals surface area contributed by atoms with Gasteiger partial charge in [-0.2, -0.15) is 0 Å². The Labute approximate surface area is 95.9 Å². The van der Waals surface area contributed by atoms with Gasteiger partial charge < -0.3 is 0 Å². The zero-order chi connectivity index (χ0) is 12.1. The minimum absolute atomic E-state index is 0.209. The first-order valence-electron chi connectivity index (χ1n) is 5.33. The molecule has 0 saturated carbocycles. The van der Waals surface area contributed by atoms with E-state index in [0.717, 1.165) is 29.9 Å². The average Bonchev–Trinajstić information content (AvgIpc) is 2.28. The van der Waals surface area contributed by atoms with E-state index in [1.807, 2.05) is 26.0 Å². The Morgan fingerprint density at radius 3 is 2.75 bits per heavy atom. The Morgan fingerprint density at radius 1 is 1.56 bits per heavy atom. The van der Waals surface area contributed by atoms with E-state index in [9.17, 15) is 10.1 Å². The van der Waals surface area contributed by atoms with Gasteiger partial charge in [0.2, 0.25) is 0 Å². The maximum atomic E-state index is 10.9. The van der Waals surface area contributed by atoms with Crippen molar-refractivity contribution in [1.29, 1.82) is 0 Å². The van der Waals surface area contributed by atoms with Crippen LogP contribution in [0.5, 0.6) is 0 Å². The zero-order valence-corrected chi connectivity index (χ0v) is 9.69. The molecule has 0 spiro atoms. The molecule has 1 radical (unpaired) electrons. The number of hydrogen-bond acceptors (Lipinski definition) is 2. The van der Waals surface area contributed by atoms with Crippen LogP contribution < -0.4 is 0 Å². The Bertz CT molecular complexity index is 399. The van der Waals surface area contributed by atoms with Crippen LogP contribution in [0.3, 0.4) is 0 Å². The maximum Gasteiger partial charge on any atom is 0.272 e. The van der Waals surface area contributed by atoms with E-state index in [-0.39, 0.29) is 10.6 Å². The highest BCUT2D eigenvalue weighted by Gasteiger charge is 2.15. The van der Waals surface area contributed by atoms with Crippen molar-refractivity contribution in [3.8, 4) is 0 Å². The van der Waals surface area contributed by atoms with Crippen LogP contribution >= 0.6 is 0 Å². The van der Waals surface area contributed by atoms with Gasteiger partial charge in [0.1, 0.15) is 0 Å². The Morgan fingerprint density at radius 2 is 2.25 bits per heavy atom. The highest BCUT2D eigenvalue weighted by molar-refractivity contribution is 5.48. The van der Waals surface area contributed by atoms with Crippen molar-refractivity contribution in [1.82, 2.24) is 0 Å². The second-order valence-electron chi connectivity index (χ2n) is 3.74. The molecule has 3 heteroatoms. The summed E-state index contributed by atoms with van der Waals surface area (Å²) in [5.74, 6) is 0.950. The lowest BCUT2D eigenvalue weighted by Gasteiger charge is -2.07. The Balaban J connectivity index is 3.16. The second kappa shape index (κ2) is 5.45. The van der Waals surface area contributed by atoms with E-state index in [0.29, 0.717) is 0 Å². The van der Waals surface area contributed by atoms with Crippen LogP contribution in [0.25, 0.3) is 0 Å². The largest absolute Gasteiger partial charge is 0.272 e. The van der Waals surface area contributed by atoms with Crippen LogP contribution in [-0.2, 0) is 6.42 Å². The van der Waals surface area contributed by atoms with Gasteiger partial charge in [0, 0.05) is 17.5 Å². The molecular formula is C13H16NO2. The van der Waals surface area contributed by atoms with Gasteiger partial charge in [-0.05, 0) is 12.0 Å². The standard InChI is InChI=1S/C13H16NO2/c1-4-6-11-7-8-12(10(3)5-2)9-13(11)14(15)16/h5,7-9H,2,4,6H2,1,3H3. The van der Waals surface area contributed by atoms with Crippen LogP contribution in [0, 0.1) is 16.0 Å². The van der Waals surface area contributed by atoms with Gasteiger partial charge in [0.05, 0.1) is 4.92 Å². The first kappa shape index (κ1) is 12.4. The molecule has 0 amide bonds. The SMILES string of the molecule is C=C[C](C)c1ccc(CCC)c([N+](=O)[O-])c1. The van der Waals surface area contributed by atoms with E-state index < -0.39 is 0 Å². The van der Waals surface area contributed by atoms with Crippen LogP contribution in [0.2, 0.25) is 0 Å². The number of hydrogen-bond donors (Lipinski definition) is 0. The molecule has 85 valence electrons. The first-order valence-corrected chi connectivity index (χ1v) is 5.33. The maximum absolute atomic E-state index is 10.9. The third-order valence-corrected chi connectivity index (χ3v) is 2.56. The molecule has 16 heavy (non-hydrogen) atoms. The lowest BCUT2D eigenvalue weighted by Crippen LogP contribution is -1.98. The summed E-state index contributed by atoms with van der Waals surface area (Å²) in [6.45, 7) is 7.57. The molecule has 0 bridgehead atoms. The van der Waals surface area contributed by atoms with E-state index in [4.69, 9.17) is 0 Å². The minimum Gasteiger partial charge on any atom is -0.258 e. The highest BCUT2D eigenvalue weighted by Crippen LogP contribution is 2.25. The fourth-order valence-corrected chi connectivity index (χ4v) is 1.58. The van der Waals surface area contributed by atoms with E-state index in [1.54, 1.807) is 12.1 Å². The van der Waals surface area contributed by atoms with Gasteiger partial charge >= 0.3 is 0 Å². The van der Waals surface area contributed by atoms with E-state index in [2.05, 4.69) is 6.58 Å². The molecule has 0 aliphatic carbocycles. The lowest BCUT2D eigenvalue weighted by atomic mass is 9.97. The monoisotopic (exact) mass is 218 g/mol. The van der Waals surface area contributed by atoms with E-state index in [1.165, 1.54) is 0 Å². The van der Waals surface area contributed by atoms with Crippen LogP contribution in [0.4, 0.5) is 5.69 Å². The van der Waals surface area contributed by atoms with Crippen molar-refractivity contribution in [2.45, 2.75) is 26.7 Å². The molecule has 1 aromatic carbocycles. The van der Waals surface area contributed by atoms with E-state index >= 15 is 0 Å². The normalized spacial score (nSPS) is 10.4. The van der Waals surface area contributed by atoms with Gasteiger partial charge in [-0.3, -0.25) is 10.1 Å². The van der Waals surface area contributed by atoms with Gasteiger partial charge in [-0.25, -0.2) is 0 Å². The third kappa shape index (κ3) is 2.69. The Hall–Kier alpha value is -1.64. The van der Waals surface area contributed by atoms with Crippen LogP contribution in [0.15, 0.2) is 30.9 Å². The third-order valence-electron chi connectivity index (χ3n) is 2.56. The molecule has 0 aromatic heterocycles. The molecule has 0 saturated heterocycles.